The second kappa shape index (κ2) is 4.37. The molecular formula is C15H12N2O. The maximum atomic E-state index is 9.96. The highest BCUT2D eigenvalue weighted by Gasteiger charge is 2.10. The molecule has 3 heteroatoms. The van der Waals surface area contributed by atoms with E-state index >= 15 is 0 Å². The highest BCUT2D eigenvalue weighted by molar-refractivity contribution is 5.65. The molecule has 1 N–H and O–H groups in total. The van der Waals surface area contributed by atoms with E-state index in [-0.39, 0.29) is 5.75 Å². The molecule has 0 amide bonds. The molecule has 0 aliphatic rings. The fourth-order valence-corrected chi connectivity index (χ4v) is 1.88. The lowest BCUT2D eigenvalue weighted by atomic mass is 10.1. The van der Waals surface area contributed by atoms with Gasteiger partial charge in [-0.2, -0.15) is 5.10 Å². The molecule has 0 bridgehead atoms. The fraction of sp³-hybridized carbons (Fsp3) is 0. The van der Waals surface area contributed by atoms with Gasteiger partial charge < -0.3 is 5.11 Å². The van der Waals surface area contributed by atoms with Crippen LogP contribution in [0.4, 0.5) is 0 Å². The van der Waals surface area contributed by atoms with Crippen LogP contribution in [0.1, 0.15) is 0 Å². The van der Waals surface area contributed by atoms with Crippen molar-refractivity contribution in [3.8, 4) is 22.7 Å². The minimum atomic E-state index is 0.185. The molecule has 0 radical (unpaired) electrons. The van der Waals surface area contributed by atoms with Crippen molar-refractivity contribution in [1.29, 1.82) is 0 Å². The summed E-state index contributed by atoms with van der Waals surface area (Å²) in [5.41, 5.74) is 2.43. The molecule has 0 unspecified atom stereocenters. The van der Waals surface area contributed by atoms with Crippen molar-refractivity contribution in [1.82, 2.24) is 9.78 Å². The number of nitrogens with zero attached hydrogens (tertiary/aromatic N) is 2. The highest BCUT2D eigenvalue weighted by Crippen LogP contribution is 2.28. The molecule has 88 valence electrons. The van der Waals surface area contributed by atoms with Gasteiger partial charge >= 0.3 is 0 Å². The molecule has 0 spiro atoms. The Bertz CT molecular complexity index is 645. The molecule has 0 atom stereocenters. The molecule has 3 nitrogen and oxygen atoms in total. The van der Waals surface area contributed by atoms with Crippen LogP contribution in [0.5, 0.6) is 5.75 Å². The van der Waals surface area contributed by atoms with Gasteiger partial charge in [0.15, 0.2) is 5.75 Å². The average Bonchev–Trinajstić information content (AvgIpc) is 2.83. The number of hydrogen-bond acceptors (Lipinski definition) is 2. The van der Waals surface area contributed by atoms with E-state index in [4.69, 9.17) is 0 Å². The standard InChI is InChI=1S/C15H12N2O/c18-14-11-17(13-9-5-2-6-10-13)16-15(14)12-7-3-1-4-8-12/h1-11,18H. The lowest BCUT2D eigenvalue weighted by Crippen LogP contribution is -1.93. The van der Waals surface area contributed by atoms with Crippen LogP contribution in [0, 0.1) is 0 Å². The first-order valence-corrected chi connectivity index (χ1v) is 5.74. The average molecular weight is 236 g/mol. The van der Waals surface area contributed by atoms with Gasteiger partial charge in [-0.3, -0.25) is 0 Å². The van der Waals surface area contributed by atoms with E-state index in [2.05, 4.69) is 5.10 Å². The summed E-state index contributed by atoms with van der Waals surface area (Å²) >= 11 is 0. The number of benzene rings is 2. The molecule has 18 heavy (non-hydrogen) atoms. The molecule has 2 aromatic carbocycles. The van der Waals surface area contributed by atoms with E-state index in [9.17, 15) is 5.11 Å². The summed E-state index contributed by atoms with van der Waals surface area (Å²) in [4.78, 5) is 0. The number of aromatic nitrogens is 2. The molecular weight excluding hydrogens is 224 g/mol. The van der Waals surface area contributed by atoms with Crippen LogP contribution in [-0.4, -0.2) is 14.9 Å². The Labute approximate surface area is 105 Å². The minimum absolute atomic E-state index is 0.185. The maximum absolute atomic E-state index is 9.96. The molecule has 0 aliphatic carbocycles. The molecule has 3 rings (SSSR count). The van der Waals surface area contributed by atoms with Crippen molar-refractivity contribution in [2.24, 2.45) is 0 Å². The van der Waals surface area contributed by atoms with Gasteiger partial charge in [-0.1, -0.05) is 48.5 Å². The third-order valence-corrected chi connectivity index (χ3v) is 2.76. The summed E-state index contributed by atoms with van der Waals surface area (Å²) in [5.74, 6) is 0.185. The molecule has 1 heterocycles. The third kappa shape index (κ3) is 1.86. The Hall–Kier alpha value is -2.55. The Balaban J connectivity index is 2.07. The van der Waals surface area contributed by atoms with Gasteiger partial charge in [0, 0.05) is 5.56 Å². The van der Waals surface area contributed by atoms with Crippen LogP contribution in [0.15, 0.2) is 66.9 Å². The SMILES string of the molecule is Oc1cn(-c2ccccc2)nc1-c1ccccc1. The zero-order chi connectivity index (χ0) is 12.4. The number of rotatable bonds is 2. The predicted molar refractivity (Wildman–Crippen MR) is 70.7 cm³/mol. The van der Waals surface area contributed by atoms with Crippen LogP contribution in [0.2, 0.25) is 0 Å². The molecule has 0 aliphatic heterocycles. The monoisotopic (exact) mass is 236 g/mol. The number of aromatic hydroxyl groups is 1. The van der Waals surface area contributed by atoms with Crippen molar-refractivity contribution in [2.45, 2.75) is 0 Å². The van der Waals surface area contributed by atoms with Gasteiger partial charge in [-0.15, -0.1) is 0 Å². The Morgan fingerprint density at radius 3 is 2.11 bits per heavy atom. The smallest absolute Gasteiger partial charge is 0.162 e. The van der Waals surface area contributed by atoms with Crippen molar-refractivity contribution in [3.05, 3.63) is 66.9 Å². The lowest BCUT2D eigenvalue weighted by molar-refractivity contribution is 0.477. The highest BCUT2D eigenvalue weighted by atomic mass is 16.3. The van der Waals surface area contributed by atoms with E-state index in [1.54, 1.807) is 10.9 Å². The van der Waals surface area contributed by atoms with E-state index in [1.165, 1.54) is 0 Å². The number of para-hydroxylation sites is 1. The Morgan fingerprint density at radius 2 is 1.44 bits per heavy atom. The van der Waals surface area contributed by atoms with Crippen molar-refractivity contribution in [2.75, 3.05) is 0 Å². The summed E-state index contributed by atoms with van der Waals surface area (Å²) in [6.07, 6.45) is 1.62. The maximum Gasteiger partial charge on any atom is 0.162 e. The van der Waals surface area contributed by atoms with Gasteiger partial charge in [-0.25, -0.2) is 4.68 Å². The first kappa shape index (κ1) is 10.6. The molecule has 3 aromatic rings. The van der Waals surface area contributed by atoms with Gasteiger partial charge in [0.05, 0.1) is 11.9 Å². The summed E-state index contributed by atoms with van der Waals surface area (Å²) < 4.78 is 1.68. The molecule has 0 fully saturated rings. The Morgan fingerprint density at radius 1 is 0.833 bits per heavy atom. The fourth-order valence-electron chi connectivity index (χ4n) is 1.88. The Kier molecular flexibility index (Phi) is 2.57. The van der Waals surface area contributed by atoms with Crippen LogP contribution in [0.25, 0.3) is 16.9 Å². The van der Waals surface area contributed by atoms with Crippen LogP contribution >= 0.6 is 0 Å². The zero-order valence-corrected chi connectivity index (χ0v) is 9.69. The topological polar surface area (TPSA) is 38.0 Å². The van der Waals surface area contributed by atoms with E-state index in [0.29, 0.717) is 5.69 Å². The van der Waals surface area contributed by atoms with Crippen molar-refractivity contribution < 1.29 is 5.11 Å². The van der Waals surface area contributed by atoms with E-state index in [1.807, 2.05) is 60.7 Å². The van der Waals surface area contributed by atoms with Gasteiger partial charge in [-0.05, 0) is 12.1 Å². The van der Waals surface area contributed by atoms with Crippen LogP contribution in [-0.2, 0) is 0 Å². The second-order valence-corrected chi connectivity index (χ2v) is 4.01. The first-order chi connectivity index (χ1) is 8.84. The summed E-state index contributed by atoms with van der Waals surface area (Å²) in [6.45, 7) is 0. The normalized spacial score (nSPS) is 10.4. The first-order valence-electron chi connectivity index (χ1n) is 5.74. The third-order valence-electron chi connectivity index (χ3n) is 2.76. The van der Waals surface area contributed by atoms with E-state index in [0.717, 1.165) is 11.3 Å². The van der Waals surface area contributed by atoms with Crippen molar-refractivity contribution >= 4 is 0 Å². The molecule has 0 saturated carbocycles. The summed E-state index contributed by atoms with van der Waals surface area (Å²) in [5, 5.41) is 14.4. The van der Waals surface area contributed by atoms with Crippen molar-refractivity contribution in [3.63, 3.8) is 0 Å². The quantitative estimate of drug-likeness (QED) is 0.741. The lowest BCUT2D eigenvalue weighted by Gasteiger charge is -1.99. The van der Waals surface area contributed by atoms with Gasteiger partial charge in [0.25, 0.3) is 0 Å². The van der Waals surface area contributed by atoms with Gasteiger partial charge in [0.2, 0.25) is 0 Å². The largest absolute Gasteiger partial charge is 0.504 e. The second-order valence-electron chi connectivity index (χ2n) is 4.01. The molecule has 1 aromatic heterocycles. The van der Waals surface area contributed by atoms with Crippen LogP contribution in [0.3, 0.4) is 0 Å². The molecule has 0 saturated heterocycles. The summed E-state index contributed by atoms with van der Waals surface area (Å²) in [6, 6.07) is 19.4. The predicted octanol–water partition coefficient (Wildman–Crippen LogP) is 3.24. The minimum Gasteiger partial charge on any atom is -0.504 e. The summed E-state index contributed by atoms with van der Waals surface area (Å²) in [7, 11) is 0. The van der Waals surface area contributed by atoms with Gasteiger partial charge in [0.1, 0.15) is 5.69 Å². The van der Waals surface area contributed by atoms with Crippen LogP contribution < -0.4 is 0 Å². The number of hydrogen-bond donors (Lipinski definition) is 1. The zero-order valence-electron chi connectivity index (χ0n) is 9.69. The van der Waals surface area contributed by atoms with E-state index < -0.39 is 0 Å².